The Balaban J connectivity index is 1.71. The summed E-state index contributed by atoms with van der Waals surface area (Å²) >= 11 is 1.19. The number of nitrogens with zero attached hydrogens (tertiary/aromatic N) is 1. The van der Waals surface area contributed by atoms with Crippen LogP contribution in [0.2, 0.25) is 0 Å². The molecule has 1 heterocycles. The van der Waals surface area contributed by atoms with Crippen LogP contribution in [-0.2, 0) is 6.42 Å². The van der Waals surface area contributed by atoms with E-state index < -0.39 is 30.4 Å². The van der Waals surface area contributed by atoms with Gasteiger partial charge in [0.05, 0.1) is 10.6 Å². The third-order valence-corrected chi connectivity index (χ3v) is 7.40. The number of hydrogen-bond acceptors (Lipinski definition) is 4. The molecule has 0 spiro atoms. The Morgan fingerprint density at radius 1 is 1.13 bits per heavy atom. The maximum Gasteiger partial charge on any atom is 0.281 e. The molecule has 31 heavy (non-hydrogen) atoms. The molecule has 0 radical (unpaired) electrons. The van der Waals surface area contributed by atoms with Gasteiger partial charge in [0.15, 0.2) is 5.13 Å². The van der Waals surface area contributed by atoms with Gasteiger partial charge < -0.3 is 10.8 Å². The van der Waals surface area contributed by atoms with Crippen molar-refractivity contribution in [2.45, 2.75) is 50.3 Å². The van der Waals surface area contributed by atoms with E-state index >= 15 is 0 Å². The van der Waals surface area contributed by atoms with E-state index in [2.05, 4.69) is 4.98 Å². The van der Waals surface area contributed by atoms with Gasteiger partial charge in [0.25, 0.3) is 5.92 Å². The number of hydrogen-bond donors (Lipinski definition) is 2. The molecular formula is C23H20F4N2OS. The van der Waals surface area contributed by atoms with Crippen LogP contribution in [0.4, 0.5) is 22.7 Å². The molecule has 5 rings (SSSR count). The zero-order valence-corrected chi connectivity index (χ0v) is 17.4. The lowest BCUT2D eigenvalue weighted by atomic mass is 9.76. The Morgan fingerprint density at radius 3 is 2.58 bits per heavy atom. The fourth-order valence-corrected chi connectivity index (χ4v) is 5.88. The summed E-state index contributed by atoms with van der Waals surface area (Å²) in [5.41, 5.74) is 8.97. The number of halogens is 4. The molecule has 162 valence electrons. The second kappa shape index (κ2) is 7.03. The number of rotatable bonds is 2. The third kappa shape index (κ3) is 3.15. The lowest BCUT2D eigenvalue weighted by Crippen LogP contribution is -2.21. The first-order chi connectivity index (χ1) is 14.7. The zero-order valence-electron chi connectivity index (χ0n) is 16.6. The van der Waals surface area contributed by atoms with E-state index in [4.69, 9.17) is 5.73 Å². The Kier molecular flexibility index (Phi) is 4.64. The summed E-state index contributed by atoms with van der Waals surface area (Å²) in [5, 5.41) is 10.9. The van der Waals surface area contributed by atoms with Crippen LogP contribution < -0.4 is 5.73 Å². The lowest BCUT2D eigenvalue weighted by molar-refractivity contribution is -0.0966. The van der Waals surface area contributed by atoms with Crippen molar-refractivity contribution in [2.75, 3.05) is 5.73 Å². The Hall–Kier alpha value is -2.45. The average Bonchev–Trinajstić information content (AvgIpc) is 3.17. The number of aryl methyl sites for hydroxylation is 1. The quantitative estimate of drug-likeness (QED) is 0.473. The van der Waals surface area contributed by atoms with E-state index in [1.807, 2.05) is 0 Å². The number of aliphatic hydroxyl groups excluding tert-OH is 1. The van der Waals surface area contributed by atoms with Crippen molar-refractivity contribution in [1.82, 2.24) is 4.98 Å². The van der Waals surface area contributed by atoms with Crippen molar-refractivity contribution < 1.29 is 22.7 Å². The highest BCUT2D eigenvalue weighted by atomic mass is 32.1. The predicted molar refractivity (Wildman–Crippen MR) is 112 cm³/mol. The van der Waals surface area contributed by atoms with Gasteiger partial charge in [-0.15, -0.1) is 0 Å². The molecular weight excluding hydrogens is 428 g/mol. The van der Waals surface area contributed by atoms with Gasteiger partial charge >= 0.3 is 0 Å². The normalized spacial score (nSPS) is 24.1. The predicted octanol–water partition coefficient (Wildman–Crippen LogP) is 6.00. The van der Waals surface area contributed by atoms with Gasteiger partial charge in [-0.3, -0.25) is 0 Å². The molecule has 0 bridgehead atoms. The molecule has 3 atom stereocenters. The van der Waals surface area contributed by atoms with Gasteiger partial charge in [0.1, 0.15) is 18.1 Å². The van der Waals surface area contributed by atoms with E-state index in [1.54, 1.807) is 25.1 Å². The number of nitrogen functional groups attached to an aromatic ring is 1. The number of nitrogens with two attached hydrogens (primary N) is 1. The molecule has 3 N–H and O–H groups in total. The van der Waals surface area contributed by atoms with Crippen LogP contribution in [0.25, 0.3) is 10.4 Å². The van der Waals surface area contributed by atoms with Gasteiger partial charge in [-0.1, -0.05) is 29.5 Å². The molecule has 2 unspecified atom stereocenters. The van der Waals surface area contributed by atoms with Crippen LogP contribution >= 0.6 is 11.3 Å². The fraction of sp³-hybridized carbons (Fsp3) is 0.348. The minimum Gasteiger partial charge on any atom is -0.382 e. The standard InChI is InChI=1S/C23H20F4N2OS/c1-10-20(31-22(28)29-10)15-5-4-14(17-9-23(26,27)21(30)19(15)17)12-6-7-18(25)16-8-11(24)2-3-13(12)16/h2-5,8,12,18,21,30H,6-7,9H2,1H3,(H2,28,29)/t12?,18?,21-/m0/s1. The molecule has 2 aliphatic rings. The van der Waals surface area contributed by atoms with Crippen LogP contribution in [0.15, 0.2) is 30.3 Å². The number of aromatic nitrogens is 1. The van der Waals surface area contributed by atoms with E-state index in [1.165, 1.54) is 23.5 Å². The van der Waals surface area contributed by atoms with E-state index in [0.29, 0.717) is 44.4 Å². The summed E-state index contributed by atoms with van der Waals surface area (Å²) in [6, 6.07) is 7.48. The summed E-state index contributed by atoms with van der Waals surface area (Å²) < 4.78 is 57.6. The number of anilines is 1. The van der Waals surface area contributed by atoms with Crippen molar-refractivity contribution in [3.63, 3.8) is 0 Å². The van der Waals surface area contributed by atoms with Crippen LogP contribution in [0.3, 0.4) is 0 Å². The van der Waals surface area contributed by atoms with Gasteiger partial charge in [-0.05, 0) is 65.3 Å². The first-order valence-corrected chi connectivity index (χ1v) is 10.9. The molecule has 0 amide bonds. The molecule has 3 nitrogen and oxygen atoms in total. The number of aliphatic hydroxyl groups is 1. The summed E-state index contributed by atoms with van der Waals surface area (Å²) in [6.45, 7) is 1.75. The van der Waals surface area contributed by atoms with Crippen molar-refractivity contribution in [3.8, 4) is 10.4 Å². The first-order valence-electron chi connectivity index (χ1n) is 10.1. The average molecular weight is 448 g/mol. The second-order valence-electron chi connectivity index (χ2n) is 8.27. The number of benzene rings is 2. The summed E-state index contributed by atoms with van der Waals surface area (Å²) in [4.78, 5) is 4.83. The monoisotopic (exact) mass is 448 g/mol. The maximum atomic E-state index is 14.7. The van der Waals surface area contributed by atoms with Crippen LogP contribution in [0.1, 0.15) is 64.5 Å². The molecule has 3 aromatic rings. The summed E-state index contributed by atoms with van der Waals surface area (Å²) in [5.74, 6) is -4.19. The van der Waals surface area contributed by atoms with E-state index in [-0.39, 0.29) is 23.5 Å². The van der Waals surface area contributed by atoms with Crippen LogP contribution in [-0.4, -0.2) is 16.0 Å². The van der Waals surface area contributed by atoms with Crippen LogP contribution in [0.5, 0.6) is 0 Å². The molecule has 2 aromatic carbocycles. The number of alkyl halides is 3. The maximum absolute atomic E-state index is 14.7. The number of thiazole rings is 1. The Labute approximate surface area is 180 Å². The third-order valence-electron chi connectivity index (χ3n) is 6.38. The number of fused-ring (bicyclic) bond motifs is 2. The molecule has 0 saturated carbocycles. The highest BCUT2D eigenvalue weighted by molar-refractivity contribution is 7.18. The van der Waals surface area contributed by atoms with Gasteiger partial charge in [0, 0.05) is 12.3 Å². The van der Waals surface area contributed by atoms with E-state index in [0.717, 1.165) is 0 Å². The molecule has 8 heteroatoms. The Bertz CT molecular complexity index is 1190. The van der Waals surface area contributed by atoms with Crippen molar-refractivity contribution in [2.24, 2.45) is 0 Å². The molecule has 0 aliphatic heterocycles. The highest BCUT2D eigenvalue weighted by Gasteiger charge is 2.50. The Morgan fingerprint density at radius 2 is 1.87 bits per heavy atom. The summed E-state index contributed by atoms with van der Waals surface area (Å²) in [7, 11) is 0. The fourth-order valence-electron chi connectivity index (χ4n) is 5.01. The smallest absolute Gasteiger partial charge is 0.281 e. The minimum atomic E-state index is -3.32. The summed E-state index contributed by atoms with van der Waals surface area (Å²) in [6.07, 6.45) is -3.25. The lowest BCUT2D eigenvalue weighted by Gasteiger charge is -2.30. The molecule has 1 aromatic heterocycles. The van der Waals surface area contributed by atoms with Crippen molar-refractivity contribution in [1.29, 1.82) is 0 Å². The van der Waals surface area contributed by atoms with Gasteiger partial charge in [0.2, 0.25) is 0 Å². The topological polar surface area (TPSA) is 59.1 Å². The highest BCUT2D eigenvalue weighted by Crippen LogP contribution is 2.53. The first kappa shape index (κ1) is 20.5. The molecule has 2 aliphatic carbocycles. The zero-order chi connectivity index (χ0) is 22.1. The van der Waals surface area contributed by atoms with Crippen LogP contribution in [0, 0.1) is 12.7 Å². The van der Waals surface area contributed by atoms with E-state index in [9.17, 15) is 22.7 Å². The largest absolute Gasteiger partial charge is 0.382 e. The van der Waals surface area contributed by atoms with Crippen molar-refractivity contribution >= 4 is 16.5 Å². The molecule has 0 fully saturated rings. The molecule has 0 saturated heterocycles. The van der Waals surface area contributed by atoms with Gasteiger partial charge in [-0.2, -0.15) is 0 Å². The SMILES string of the molecule is Cc1nc(N)sc1-c1ccc(C2CCC(F)c3cc(F)ccc32)c2c1[C@H](O)C(F)(F)C2. The minimum absolute atomic E-state index is 0.181. The van der Waals surface area contributed by atoms with Crippen molar-refractivity contribution in [3.05, 3.63) is 69.7 Å². The second-order valence-corrected chi connectivity index (χ2v) is 9.30. The van der Waals surface area contributed by atoms with Gasteiger partial charge in [-0.25, -0.2) is 22.5 Å².